The van der Waals surface area contributed by atoms with Crippen LogP contribution in [0.5, 0.6) is 5.75 Å². The number of hydrogen-bond acceptors (Lipinski definition) is 7. The number of rotatable bonds is 6. The van der Waals surface area contributed by atoms with Crippen LogP contribution in [0.25, 0.3) is 11.0 Å². The number of aliphatic carboxylic acids is 1. The molecular weight excluding hydrogens is 499 g/mol. The molecule has 0 fully saturated rings. The van der Waals surface area contributed by atoms with Crippen LogP contribution in [-0.4, -0.2) is 52.6 Å². The van der Waals surface area contributed by atoms with Crippen LogP contribution < -0.4 is 4.74 Å². The second kappa shape index (κ2) is 9.75. The number of aryl methyl sites for hydroxylation is 2. The third-order valence-corrected chi connectivity index (χ3v) is 8.71. The normalized spacial score (nSPS) is 17.0. The maximum atomic E-state index is 15.0. The zero-order chi connectivity index (χ0) is 26.3. The molecule has 0 aliphatic carbocycles. The molecule has 9 nitrogen and oxygen atoms in total. The van der Waals surface area contributed by atoms with E-state index in [-0.39, 0.29) is 36.6 Å². The first-order valence-corrected chi connectivity index (χ1v) is 13.2. The fourth-order valence-electron chi connectivity index (χ4n) is 4.82. The molecule has 3 aromatic carbocycles. The molecule has 1 aliphatic rings. The minimum atomic E-state index is -3.44. The molecule has 0 spiro atoms. The van der Waals surface area contributed by atoms with Gasteiger partial charge in [-0.15, -0.1) is 15.9 Å². The molecule has 0 radical (unpaired) electrons. The summed E-state index contributed by atoms with van der Waals surface area (Å²) in [5.41, 5.74) is 3.89. The van der Waals surface area contributed by atoms with Gasteiger partial charge in [-0.25, -0.2) is 9.07 Å². The van der Waals surface area contributed by atoms with E-state index in [1.807, 2.05) is 19.1 Å². The minimum absolute atomic E-state index is 0.0956. The summed E-state index contributed by atoms with van der Waals surface area (Å²) < 4.78 is 46.0. The summed E-state index contributed by atoms with van der Waals surface area (Å²) in [5, 5.41) is 18.0. The van der Waals surface area contributed by atoms with Crippen molar-refractivity contribution in [2.24, 2.45) is 7.05 Å². The van der Waals surface area contributed by atoms with Gasteiger partial charge in [-0.1, -0.05) is 35.5 Å². The lowest BCUT2D eigenvalue weighted by Gasteiger charge is -2.41. The molecule has 1 atom stereocenters. The van der Waals surface area contributed by atoms with E-state index in [0.29, 0.717) is 16.8 Å². The summed E-state index contributed by atoms with van der Waals surface area (Å²) in [6.07, 6.45) is -0.211. The smallest absolute Gasteiger partial charge is 0.304 e. The van der Waals surface area contributed by atoms with Gasteiger partial charge in [0.05, 0.1) is 18.5 Å². The highest BCUT2D eigenvalue weighted by Gasteiger charge is 2.32. The summed E-state index contributed by atoms with van der Waals surface area (Å²) in [7, 11) is -1.65. The number of ether oxygens (including phenoxy) is 1. The van der Waals surface area contributed by atoms with Crippen molar-refractivity contribution >= 4 is 27.8 Å². The first-order valence-electron chi connectivity index (χ1n) is 11.7. The number of carboxylic acid groups (broad SMARTS) is 1. The number of nitrogens with zero attached hydrogens (tertiary/aromatic N) is 4. The van der Waals surface area contributed by atoms with E-state index in [2.05, 4.69) is 10.3 Å². The molecule has 3 N–H and O–H groups in total. The zero-order valence-corrected chi connectivity index (χ0v) is 21.2. The molecule has 5 rings (SSSR count). The summed E-state index contributed by atoms with van der Waals surface area (Å²) in [4.78, 5) is 12.1. The first kappa shape index (κ1) is 25.2. The minimum Gasteiger partial charge on any atom is -0.490 e. The van der Waals surface area contributed by atoms with Crippen LogP contribution in [0, 0.1) is 12.7 Å². The maximum Gasteiger partial charge on any atom is 0.304 e. The van der Waals surface area contributed by atoms with Crippen molar-refractivity contribution in [3.63, 3.8) is 0 Å². The first-order chi connectivity index (χ1) is 17.7. The van der Waals surface area contributed by atoms with Crippen LogP contribution in [0.15, 0.2) is 59.5 Å². The highest BCUT2D eigenvalue weighted by atomic mass is 32.3. The van der Waals surface area contributed by atoms with Crippen molar-refractivity contribution in [3.8, 4) is 5.75 Å². The SMILES string of the molecule is Cc1c(C(CC(=O)O)c2ccc(F)c(CN3CCOc4ccccc4S3(O)O)c2)ccc2c1nnn2C. The van der Waals surface area contributed by atoms with Crippen molar-refractivity contribution in [1.82, 2.24) is 19.3 Å². The van der Waals surface area contributed by atoms with Gasteiger partial charge in [0.25, 0.3) is 0 Å². The fourth-order valence-corrected chi connectivity index (χ4v) is 6.40. The number of aromatic nitrogens is 3. The zero-order valence-electron chi connectivity index (χ0n) is 20.3. The van der Waals surface area contributed by atoms with Gasteiger partial charge in [-0.2, -0.15) is 4.31 Å². The standard InChI is InChI=1S/C26H27FN4O5S/c1-16-19(8-10-22-26(16)28-29-30(22)2)20(14-25(32)33)17-7-9-21(27)18(13-17)15-31-11-12-36-23-5-3-4-6-24(23)37(31,34)35/h3-10,13,20,34-35H,11-12,14-15H2,1-2H3,(H,32,33). The topological polar surface area (TPSA) is 121 Å². The van der Waals surface area contributed by atoms with Gasteiger partial charge in [0.15, 0.2) is 0 Å². The Hall–Kier alpha value is -3.51. The molecule has 1 aromatic heterocycles. The Bertz CT molecular complexity index is 1490. The lowest BCUT2D eigenvalue weighted by Crippen LogP contribution is -2.29. The Labute approximate surface area is 214 Å². The van der Waals surface area contributed by atoms with E-state index in [1.165, 1.54) is 10.4 Å². The van der Waals surface area contributed by atoms with Gasteiger partial charge < -0.3 is 9.84 Å². The molecule has 0 bridgehead atoms. The van der Waals surface area contributed by atoms with Crippen LogP contribution in [0.1, 0.15) is 34.6 Å². The summed E-state index contributed by atoms with van der Waals surface area (Å²) in [6.45, 7) is 2.14. The van der Waals surface area contributed by atoms with Crippen molar-refractivity contribution in [1.29, 1.82) is 0 Å². The molecule has 0 saturated carbocycles. The van der Waals surface area contributed by atoms with Crippen LogP contribution in [0.4, 0.5) is 4.39 Å². The summed E-state index contributed by atoms with van der Waals surface area (Å²) >= 11 is 0. The van der Waals surface area contributed by atoms with Crippen molar-refractivity contribution in [2.45, 2.75) is 30.7 Å². The van der Waals surface area contributed by atoms with Gasteiger partial charge in [0.1, 0.15) is 28.6 Å². The molecule has 1 aliphatic heterocycles. The van der Waals surface area contributed by atoms with Gasteiger partial charge in [-0.05, 0) is 47.9 Å². The Kier molecular flexibility index (Phi) is 6.63. The third kappa shape index (κ3) is 4.66. The largest absolute Gasteiger partial charge is 0.490 e. The Morgan fingerprint density at radius 2 is 1.97 bits per heavy atom. The average molecular weight is 527 g/mol. The molecule has 4 aromatic rings. The quantitative estimate of drug-likeness (QED) is 0.323. The highest BCUT2D eigenvalue weighted by molar-refractivity contribution is 8.22. The molecule has 11 heteroatoms. The second-order valence-corrected chi connectivity index (χ2v) is 11.0. The van der Waals surface area contributed by atoms with Crippen LogP contribution in [0.3, 0.4) is 0 Å². The van der Waals surface area contributed by atoms with Gasteiger partial charge in [-0.3, -0.25) is 13.9 Å². The monoisotopic (exact) mass is 526 g/mol. The Morgan fingerprint density at radius 1 is 1.19 bits per heavy atom. The molecule has 37 heavy (non-hydrogen) atoms. The molecule has 0 amide bonds. The Balaban J connectivity index is 1.53. The molecular formula is C26H27FN4O5S. The lowest BCUT2D eigenvalue weighted by molar-refractivity contribution is -0.137. The number of hydrogen-bond donors (Lipinski definition) is 3. The van der Waals surface area contributed by atoms with Crippen molar-refractivity contribution in [3.05, 3.63) is 82.7 Å². The van der Waals surface area contributed by atoms with E-state index in [1.54, 1.807) is 48.1 Å². The number of carboxylic acids is 1. The summed E-state index contributed by atoms with van der Waals surface area (Å²) in [6, 6.07) is 14.9. The predicted molar refractivity (Wildman–Crippen MR) is 137 cm³/mol. The van der Waals surface area contributed by atoms with Crippen LogP contribution in [0.2, 0.25) is 0 Å². The number of benzene rings is 3. The molecule has 0 saturated heterocycles. The number of halogens is 1. The summed E-state index contributed by atoms with van der Waals surface area (Å²) in [5.74, 6) is -1.70. The number of fused-ring (bicyclic) bond motifs is 2. The third-order valence-electron chi connectivity index (χ3n) is 6.75. The van der Waals surface area contributed by atoms with Gasteiger partial charge in [0, 0.05) is 25.1 Å². The highest BCUT2D eigenvalue weighted by Crippen LogP contribution is 2.56. The Morgan fingerprint density at radius 3 is 2.76 bits per heavy atom. The van der Waals surface area contributed by atoms with Crippen LogP contribution >= 0.6 is 10.8 Å². The second-order valence-electron chi connectivity index (χ2n) is 9.04. The maximum absolute atomic E-state index is 15.0. The van der Waals surface area contributed by atoms with Gasteiger partial charge >= 0.3 is 5.97 Å². The van der Waals surface area contributed by atoms with E-state index >= 15 is 4.39 Å². The van der Waals surface area contributed by atoms with Crippen molar-refractivity contribution in [2.75, 3.05) is 13.2 Å². The van der Waals surface area contributed by atoms with Crippen molar-refractivity contribution < 1.29 is 28.1 Å². The molecule has 2 heterocycles. The molecule has 1 unspecified atom stereocenters. The van der Waals surface area contributed by atoms with E-state index < -0.39 is 28.5 Å². The average Bonchev–Trinajstić information content (AvgIpc) is 3.19. The fraction of sp³-hybridized carbons (Fsp3) is 0.269. The van der Waals surface area contributed by atoms with E-state index in [4.69, 9.17) is 4.74 Å². The van der Waals surface area contributed by atoms with E-state index in [9.17, 15) is 19.0 Å². The number of carbonyl (C=O) groups is 1. The van der Waals surface area contributed by atoms with Gasteiger partial charge in [0.2, 0.25) is 0 Å². The lowest BCUT2D eigenvalue weighted by atomic mass is 9.85. The van der Waals surface area contributed by atoms with E-state index in [0.717, 1.165) is 16.6 Å². The van der Waals surface area contributed by atoms with Crippen LogP contribution in [-0.2, 0) is 18.4 Å². The predicted octanol–water partition coefficient (Wildman–Crippen LogP) is 4.94. The number of para-hydroxylation sites is 1. The molecule has 194 valence electrons.